The van der Waals surface area contributed by atoms with Gasteiger partial charge in [0.05, 0.1) is 10.6 Å². The monoisotopic (exact) mass is 739 g/mol. The Morgan fingerprint density at radius 3 is 1.98 bits per heavy atom. The molecule has 0 aliphatic heterocycles. The average molecular weight is 741 g/mol. The third-order valence-corrected chi connectivity index (χ3v) is 10.1. The summed E-state index contributed by atoms with van der Waals surface area (Å²) in [5.41, 5.74) is 1.92. The summed E-state index contributed by atoms with van der Waals surface area (Å²) >= 11 is 3.51. The lowest BCUT2D eigenvalue weighted by Crippen LogP contribution is -2.53. The van der Waals surface area contributed by atoms with Gasteiger partial charge in [0.15, 0.2) is 0 Å². The number of nitrogens with zero attached hydrogens (tertiary/aromatic N) is 2. The molecule has 1 atom stereocenters. The molecule has 0 spiro atoms. The molecule has 0 saturated carbocycles. The van der Waals surface area contributed by atoms with Gasteiger partial charge in [0.2, 0.25) is 11.8 Å². The van der Waals surface area contributed by atoms with Crippen LogP contribution in [0, 0.1) is 0 Å². The highest BCUT2D eigenvalue weighted by Crippen LogP contribution is 2.29. The van der Waals surface area contributed by atoms with Gasteiger partial charge in [-0.3, -0.25) is 13.9 Å². The molecule has 10 heteroatoms. The number of hydrogen-bond donors (Lipinski definition) is 1. The van der Waals surface area contributed by atoms with Crippen molar-refractivity contribution in [1.29, 1.82) is 0 Å². The van der Waals surface area contributed by atoms with Crippen molar-refractivity contribution in [2.75, 3.05) is 17.4 Å². The Balaban J connectivity index is 1.54. The van der Waals surface area contributed by atoms with E-state index in [9.17, 15) is 18.0 Å². The predicted octanol–water partition coefficient (Wildman–Crippen LogP) is 7.60. The number of para-hydroxylation sites is 1. The maximum Gasteiger partial charge on any atom is 0.264 e. The van der Waals surface area contributed by atoms with Crippen molar-refractivity contribution < 1.29 is 22.7 Å². The third kappa shape index (κ3) is 9.58. The van der Waals surface area contributed by atoms with Crippen LogP contribution in [-0.2, 0) is 32.6 Å². The smallest absolute Gasteiger partial charge is 0.264 e. The van der Waals surface area contributed by atoms with E-state index in [0.29, 0.717) is 18.0 Å². The molecule has 0 aromatic heterocycles. The molecule has 0 radical (unpaired) electrons. The van der Waals surface area contributed by atoms with Gasteiger partial charge in [0.1, 0.15) is 24.1 Å². The van der Waals surface area contributed by atoms with E-state index in [4.69, 9.17) is 4.74 Å². The topological polar surface area (TPSA) is 96.0 Å². The van der Waals surface area contributed by atoms with Crippen LogP contribution in [0.1, 0.15) is 24.5 Å². The first-order valence-corrected chi connectivity index (χ1v) is 18.2. The fourth-order valence-corrected chi connectivity index (χ4v) is 7.19. The number of sulfonamides is 1. The molecule has 5 aromatic rings. The molecule has 0 aliphatic rings. The number of carbonyl (C=O) groups excluding carboxylic acids is 2. The Morgan fingerprint density at radius 1 is 0.755 bits per heavy atom. The van der Waals surface area contributed by atoms with Crippen molar-refractivity contribution >= 4 is 43.5 Å². The van der Waals surface area contributed by atoms with Gasteiger partial charge in [-0.05, 0) is 78.2 Å². The maximum atomic E-state index is 14.6. The first-order valence-electron chi connectivity index (χ1n) is 16.0. The molecule has 0 fully saturated rings. The minimum atomic E-state index is -4.22. The molecular formula is C39H38BrN3O5S. The molecule has 49 heavy (non-hydrogen) atoms. The van der Waals surface area contributed by atoms with Crippen LogP contribution in [0.5, 0.6) is 11.5 Å². The zero-order valence-electron chi connectivity index (χ0n) is 27.1. The summed E-state index contributed by atoms with van der Waals surface area (Å²) in [5, 5.41) is 2.96. The van der Waals surface area contributed by atoms with E-state index in [1.807, 2.05) is 91.9 Å². The molecule has 5 rings (SSSR count). The summed E-state index contributed by atoms with van der Waals surface area (Å²) in [6.07, 6.45) is 0.962. The zero-order valence-corrected chi connectivity index (χ0v) is 29.5. The minimum Gasteiger partial charge on any atom is -0.457 e. The van der Waals surface area contributed by atoms with Crippen LogP contribution >= 0.6 is 15.9 Å². The van der Waals surface area contributed by atoms with Gasteiger partial charge in [-0.15, -0.1) is 0 Å². The molecule has 8 nitrogen and oxygen atoms in total. The molecule has 252 valence electrons. The Bertz CT molecular complexity index is 1930. The molecule has 5 aromatic carbocycles. The first-order chi connectivity index (χ1) is 23.7. The summed E-state index contributed by atoms with van der Waals surface area (Å²) in [4.78, 5) is 29.9. The highest BCUT2D eigenvalue weighted by atomic mass is 79.9. The number of benzene rings is 5. The third-order valence-electron chi connectivity index (χ3n) is 7.78. The standard InChI is InChI=1S/C39H38BrN3O5S/c1-2-25-41-39(45)37(27-30-13-6-3-7-14-30)42(28-31-15-12-16-32(40)26-31)38(44)29-43(49(46,47)36-19-10-5-11-20-36)33-21-23-35(24-22-33)48-34-17-8-4-9-18-34/h3-24,26,37H,2,25,27-29H2,1H3,(H,41,45)/t37-/m0/s1. The summed E-state index contributed by atoms with van der Waals surface area (Å²) < 4.78 is 36.3. The van der Waals surface area contributed by atoms with Crippen LogP contribution in [0.4, 0.5) is 5.69 Å². The number of nitrogens with one attached hydrogen (secondary N) is 1. The van der Waals surface area contributed by atoms with E-state index < -0.39 is 28.5 Å². The van der Waals surface area contributed by atoms with Gasteiger partial charge in [-0.2, -0.15) is 0 Å². The number of ether oxygens (including phenoxy) is 1. The molecule has 0 bridgehead atoms. The van der Waals surface area contributed by atoms with Crippen molar-refractivity contribution in [2.45, 2.75) is 37.2 Å². The number of rotatable bonds is 15. The van der Waals surface area contributed by atoms with Crippen molar-refractivity contribution in [3.63, 3.8) is 0 Å². The van der Waals surface area contributed by atoms with Crippen molar-refractivity contribution in [2.24, 2.45) is 0 Å². The number of anilines is 1. The van der Waals surface area contributed by atoms with Crippen LogP contribution < -0.4 is 14.4 Å². The number of hydrogen-bond acceptors (Lipinski definition) is 5. The minimum absolute atomic E-state index is 0.0347. The number of amides is 2. The molecule has 0 saturated heterocycles. The highest BCUT2D eigenvalue weighted by molar-refractivity contribution is 9.10. The van der Waals surface area contributed by atoms with Crippen LogP contribution in [0.15, 0.2) is 149 Å². The Hall–Kier alpha value is -4.93. The fourth-order valence-electron chi connectivity index (χ4n) is 5.31. The molecule has 0 aliphatic carbocycles. The number of halogens is 1. The Kier molecular flexibility index (Phi) is 12.2. The van der Waals surface area contributed by atoms with Gasteiger partial charge >= 0.3 is 0 Å². The van der Waals surface area contributed by atoms with Crippen LogP contribution in [0.25, 0.3) is 0 Å². The maximum absolute atomic E-state index is 14.6. The molecule has 1 N–H and O–H groups in total. The lowest BCUT2D eigenvalue weighted by atomic mass is 10.0. The van der Waals surface area contributed by atoms with E-state index in [1.54, 1.807) is 42.5 Å². The van der Waals surface area contributed by atoms with Crippen LogP contribution in [0.2, 0.25) is 0 Å². The van der Waals surface area contributed by atoms with Gasteiger partial charge in [0, 0.05) is 24.0 Å². The normalized spacial score (nSPS) is 11.7. The lowest BCUT2D eigenvalue weighted by Gasteiger charge is -2.34. The van der Waals surface area contributed by atoms with Crippen molar-refractivity contribution in [1.82, 2.24) is 10.2 Å². The van der Waals surface area contributed by atoms with Gasteiger partial charge in [0.25, 0.3) is 10.0 Å². The number of carbonyl (C=O) groups is 2. The second-order valence-corrected chi connectivity index (χ2v) is 14.2. The Labute approximate surface area is 296 Å². The second-order valence-electron chi connectivity index (χ2n) is 11.4. The van der Waals surface area contributed by atoms with E-state index in [2.05, 4.69) is 21.2 Å². The van der Waals surface area contributed by atoms with Gasteiger partial charge in [-0.25, -0.2) is 8.42 Å². The van der Waals surface area contributed by atoms with Crippen molar-refractivity contribution in [3.8, 4) is 11.5 Å². The van der Waals surface area contributed by atoms with Crippen LogP contribution in [-0.4, -0.2) is 44.3 Å². The quantitative estimate of drug-likeness (QED) is 0.119. The molecule has 0 unspecified atom stereocenters. The molecular weight excluding hydrogens is 702 g/mol. The lowest BCUT2D eigenvalue weighted by molar-refractivity contribution is -0.140. The summed E-state index contributed by atoms with van der Waals surface area (Å²) in [7, 11) is -4.22. The molecule has 2 amide bonds. The highest BCUT2D eigenvalue weighted by Gasteiger charge is 2.34. The summed E-state index contributed by atoms with van der Waals surface area (Å²) in [5.74, 6) is 0.295. The van der Waals surface area contributed by atoms with E-state index in [1.165, 1.54) is 17.0 Å². The fraction of sp³-hybridized carbons (Fsp3) is 0.179. The predicted molar refractivity (Wildman–Crippen MR) is 196 cm³/mol. The van der Waals surface area contributed by atoms with E-state index in [0.717, 1.165) is 26.3 Å². The summed E-state index contributed by atoms with van der Waals surface area (Å²) in [6.45, 7) is 1.93. The summed E-state index contributed by atoms with van der Waals surface area (Å²) in [6, 6.07) is 39.8. The average Bonchev–Trinajstić information content (AvgIpc) is 3.12. The van der Waals surface area contributed by atoms with Gasteiger partial charge < -0.3 is 15.0 Å². The van der Waals surface area contributed by atoms with Crippen LogP contribution in [0.3, 0.4) is 0 Å². The second kappa shape index (κ2) is 16.9. The van der Waals surface area contributed by atoms with Crippen molar-refractivity contribution in [3.05, 3.63) is 155 Å². The van der Waals surface area contributed by atoms with E-state index in [-0.39, 0.29) is 29.5 Å². The van der Waals surface area contributed by atoms with Gasteiger partial charge in [-0.1, -0.05) is 102 Å². The molecule has 0 heterocycles. The van der Waals surface area contributed by atoms with E-state index >= 15 is 0 Å². The zero-order chi connectivity index (χ0) is 34.6. The first kappa shape index (κ1) is 35.4. The largest absolute Gasteiger partial charge is 0.457 e. The SMILES string of the molecule is CCCNC(=O)[C@H](Cc1ccccc1)N(Cc1cccc(Br)c1)C(=O)CN(c1ccc(Oc2ccccc2)cc1)S(=O)(=O)c1ccccc1. The Morgan fingerprint density at radius 2 is 1.35 bits per heavy atom.